The molecule has 0 spiro atoms. The lowest BCUT2D eigenvalue weighted by molar-refractivity contribution is 0.191. The van der Waals surface area contributed by atoms with Crippen molar-refractivity contribution in [3.8, 4) is 16.9 Å². The maximum absolute atomic E-state index is 11.9. The molecule has 5 heteroatoms. The summed E-state index contributed by atoms with van der Waals surface area (Å²) in [4.78, 5) is 14.2. The summed E-state index contributed by atoms with van der Waals surface area (Å²) in [6, 6.07) is 11.0. The first-order chi connectivity index (χ1) is 10.8. The van der Waals surface area contributed by atoms with Gasteiger partial charge in [0, 0.05) is 38.3 Å². The average Bonchev–Trinajstić information content (AvgIpc) is 2.57. The number of nitrogens with one attached hydrogen (secondary N) is 1. The Morgan fingerprint density at radius 2 is 1.86 bits per heavy atom. The van der Waals surface area contributed by atoms with E-state index in [9.17, 15) is 4.79 Å². The quantitative estimate of drug-likeness (QED) is 0.909. The van der Waals surface area contributed by atoms with Crippen molar-refractivity contribution in [2.75, 3.05) is 39.3 Å². The number of ether oxygens (including phenoxy) is 1. The minimum atomic E-state index is -0.347. The first-order valence-corrected chi connectivity index (χ1v) is 7.58. The molecule has 0 radical (unpaired) electrons. The van der Waals surface area contributed by atoms with Gasteiger partial charge in [0.05, 0.1) is 11.8 Å². The highest BCUT2D eigenvalue weighted by atomic mass is 16.5. The maximum atomic E-state index is 11.9. The average molecular weight is 300 g/mol. The Hall–Kier alpha value is -2.11. The standard InChI is InChI=1S/C17H20N2O3/c20-17-15(5-3-12-22-17)14-4-1-2-6-16(14)21-13-11-19-9-7-18-8-10-19/h1-6,12,18H,7-11,13H2. The Morgan fingerprint density at radius 1 is 1.09 bits per heavy atom. The molecule has 1 saturated heterocycles. The largest absolute Gasteiger partial charge is 0.492 e. The van der Waals surface area contributed by atoms with E-state index in [4.69, 9.17) is 9.15 Å². The van der Waals surface area contributed by atoms with Crippen molar-refractivity contribution in [2.45, 2.75) is 0 Å². The van der Waals surface area contributed by atoms with Crippen LogP contribution in [0.4, 0.5) is 0 Å². The lowest BCUT2D eigenvalue weighted by Gasteiger charge is -2.27. The number of benzene rings is 1. The van der Waals surface area contributed by atoms with E-state index in [1.54, 1.807) is 12.1 Å². The summed E-state index contributed by atoms with van der Waals surface area (Å²) in [7, 11) is 0. The summed E-state index contributed by atoms with van der Waals surface area (Å²) >= 11 is 0. The van der Waals surface area contributed by atoms with E-state index >= 15 is 0 Å². The van der Waals surface area contributed by atoms with Crippen molar-refractivity contribution in [1.29, 1.82) is 0 Å². The van der Waals surface area contributed by atoms with Gasteiger partial charge >= 0.3 is 5.63 Å². The summed E-state index contributed by atoms with van der Waals surface area (Å²) < 4.78 is 10.8. The Balaban J connectivity index is 1.69. The molecule has 0 unspecified atom stereocenters. The van der Waals surface area contributed by atoms with Gasteiger partial charge in [-0.25, -0.2) is 4.79 Å². The Labute approximate surface area is 129 Å². The normalized spacial score (nSPS) is 15.6. The molecule has 0 bridgehead atoms. The van der Waals surface area contributed by atoms with Gasteiger partial charge in [-0.3, -0.25) is 4.90 Å². The third-order valence-electron chi connectivity index (χ3n) is 3.79. The van der Waals surface area contributed by atoms with Gasteiger partial charge in [0.15, 0.2) is 0 Å². The lowest BCUT2D eigenvalue weighted by atomic mass is 10.1. The number of hydrogen-bond donors (Lipinski definition) is 1. The van der Waals surface area contributed by atoms with E-state index < -0.39 is 0 Å². The molecule has 2 heterocycles. The first kappa shape index (κ1) is 14.8. The molecule has 1 aromatic heterocycles. The van der Waals surface area contributed by atoms with Gasteiger partial charge in [0.1, 0.15) is 12.4 Å². The Bertz CT molecular complexity index is 663. The lowest BCUT2D eigenvalue weighted by Crippen LogP contribution is -2.44. The molecular formula is C17H20N2O3. The number of piperazine rings is 1. The number of hydrogen-bond acceptors (Lipinski definition) is 5. The molecule has 1 aliphatic rings. The van der Waals surface area contributed by atoms with Gasteiger partial charge in [0.25, 0.3) is 0 Å². The topological polar surface area (TPSA) is 54.7 Å². The molecule has 1 aliphatic heterocycles. The Kier molecular flexibility index (Phi) is 4.88. The molecule has 22 heavy (non-hydrogen) atoms. The van der Waals surface area contributed by atoms with E-state index in [0.29, 0.717) is 12.2 Å². The monoisotopic (exact) mass is 300 g/mol. The number of nitrogens with zero attached hydrogens (tertiary/aromatic N) is 1. The van der Waals surface area contributed by atoms with Gasteiger partial charge in [-0.1, -0.05) is 18.2 Å². The van der Waals surface area contributed by atoms with Gasteiger partial charge in [-0.05, 0) is 18.2 Å². The summed E-state index contributed by atoms with van der Waals surface area (Å²) in [5.41, 5.74) is 0.957. The third kappa shape index (κ3) is 3.55. The highest BCUT2D eigenvalue weighted by Gasteiger charge is 2.12. The smallest absolute Gasteiger partial charge is 0.343 e. The van der Waals surface area contributed by atoms with Crippen LogP contribution in [0.25, 0.3) is 11.1 Å². The van der Waals surface area contributed by atoms with Crippen molar-refractivity contribution < 1.29 is 9.15 Å². The molecule has 0 saturated carbocycles. The van der Waals surface area contributed by atoms with Crippen LogP contribution in [0.1, 0.15) is 0 Å². The van der Waals surface area contributed by atoms with Crippen LogP contribution in [0, 0.1) is 0 Å². The molecule has 1 fully saturated rings. The molecule has 3 rings (SSSR count). The summed E-state index contributed by atoms with van der Waals surface area (Å²) in [6.07, 6.45) is 1.39. The van der Waals surface area contributed by atoms with Crippen molar-refractivity contribution >= 4 is 0 Å². The van der Waals surface area contributed by atoms with Crippen molar-refractivity contribution in [1.82, 2.24) is 10.2 Å². The van der Waals surface area contributed by atoms with Gasteiger partial charge in [-0.2, -0.15) is 0 Å². The van der Waals surface area contributed by atoms with Crippen molar-refractivity contribution in [3.63, 3.8) is 0 Å². The Morgan fingerprint density at radius 3 is 2.68 bits per heavy atom. The molecule has 2 aromatic rings. The van der Waals surface area contributed by atoms with Crippen LogP contribution < -0.4 is 15.7 Å². The van der Waals surface area contributed by atoms with E-state index in [-0.39, 0.29) is 5.63 Å². The molecule has 116 valence electrons. The van der Waals surface area contributed by atoms with Crippen LogP contribution in [0.15, 0.2) is 51.9 Å². The van der Waals surface area contributed by atoms with Crippen molar-refractivity contribution in [2.24, 2.45) is 0 Å². The molecule has 1 N–H and O–H groups in total. The minimum Gasteiger partial charge on any atom is -0.492 e. The second kappa shape index (κ2) is 7.24. The SMILES string of the molecule is O=c1occcc1-c1ccccc1OCCN1CCNCC1. The van der Waals surface area contributed by atoms with E-state index in [1.165, 1.54) is 6.26 Å². The molecule has 5 nitrogen and oxygen atoms in total. The highest BCUT2D eigenvalue weighted by molar-refractivity contribution is 5.69. The zero-order chi connectivity index (χ0) is 15.2. The molecule has 0 atom stereocenters. The van der Waals surface area contributed by atoms with Crippen LogP contribution in [0.3, 0.4) is 0 Å². The van der Waals surface area contributed by atoms with Gasteiger partial charge < -0.3 is 14.5 Å². The van der Waals surface area contributed by atoms with Gasteiger partial charge in [0.2, 0.25) is 0 Å². The van der Waals surface area contributed by atoms with E-state index in [0.717, 1.165) is 44.0 Å². The first-order valence-electron chi connectivity index (χ1n) is 7.58. The third-order valence-corrected chi connectivity index (χ3v) is 3.79. The molecule has 0 amide bonds. The van der Waals surface area contributed by atoms with Crippen LogP contribution in [0.5, 0.6) is 5.75 Å². The van der Waals surface area contributed by atoms with Crippen LogP contribution in [-0.4, -0.2) is 44.2 Å². The minimum absolute atomic E-state index is 0.347. The predicted octanol–water partition coefficient (Wildman–Crippen LogP) is 1.59. The summed E-state index contributed by atoms with van der Waals surface area (Å²) in [5, 5.41) is 3.33. The van der Waals surface area contributed by atoms with E-state index in [1.807, 2.05) is 24.3 Å². The van der Waals surface area contributed by atoms with E-state index in [2.05, 4.69) is 10.2 Å². The van der Waals surface area contributed by atoms with Crippen LogP contribution in [0.2, 0.25) is 0 Å². The number of para-hydroxylation sites is 1. The zero-order valence-corrected chi connectivity index (χ0v) is 12.5. The summed E-state index contributed by atoms with van der Waals surface area (Å²) in [6.45, 7) is 5.65. The molecular weight excluding hydrogens is 280 g/mol. The van der Waals surface area contributed by atoms with Crippen LogP contribution >= 0.6 is 0 Å². The maximum Gasteiger partial charge on any atom is 0.343 e. The van der Waals surface area contributed by atoms with Crippen LogP contribution in [-0.2, 0) is 0 Å². The summed E-state index contributed by atoms with van der Waals surface area (Å²) in [5.74, 6) is 0.719. The zero-order valence-electron chi connectivity index (χ0n) is 12.5. The molecule has 0 aliphatic carbocycles. The second-order valence-electron chi connectivity index (χ2n) is 5.25. The van der Waals surface area contributed by atoms with Gasteiger partial charge in [-0.15, -0.1) is 0 Å². The second-order valence-corrected chi connectivity index (χ2v) is 5.25. The fourth-order valence-corrected chi connectivity index (χ4v) is 2.60. The van der Waals surface area contributed by atoms with Crippen molar-refractivity contribution in [3.05, 3.63) is 53.1 Å². The highest BCUT2D eigenvalue weighted by Crippen LogP contribution is 2.27. The fourth-order valence-electron chi connectivity index (χ4n) is 2.60. The molecule has 1 aromatic carbocycles. The fraction of sp³-hybridized carbons (Fsp3) is 0.353. The number of rotatable bonds is 5. The predicted molar refractivity (Wildman–Crippen MR) is 85.2 cm³/mol.